The number of unbranched alkanes of at least 4 members (excludes halogenated alkanes) is 5. The zero-order chi connectivity index (χ0) is 28.6. The maximum Gasteiger partial charge on any atom is 0.308 e. The molecule has 0 radical (unpaired) electrons. The highest BCUT2D eigenvalue weighted by molar-refractivity contribution is 5.72. The van der Waals surface area contributed by atoms with Crippen LogP contribution in [0.15, 0.2) is 48.5 Å². The van der Waals surface area contributed by atoms with E-state index in [1.165, 1.54) is 68.1 Å². The van der Waals surface area contributed by atoms with E-state index in [1.54, 1.807) is 0 Å². The van der Waals surface area contributed by atoms with E-state index in [9.17, 15) is 4.79 Å². The summed E-state index contributed by atoms with van der Waals surface area (Å²) in [6, 6.07) is 17.5. The van der Waals surface area contributed by atoms with Gasteiger partial charge in [0, 0.05) is 0 Å². The van der Waals surface area contributed by atoms with Crippen LogP contribution < -0.4 is 4.74 Å². The highest BCUT2D eigenvalue weighted by Gasteiger charge is 2.28. The van der Waals surface area contributed by atoms with Gasteiger partial charge in [0.2, 0.25) is 0 Å². The lowest BCUT2D eigenvalue weighted by molar-refractivity contribution is -0.150. The van der Waals surface area contributed by atoms with Gasteiger partial charge in [-0.05, 0) is 85.1 Å². The smallest absolute Gasteiger partial charge is 0.308 e. The van der Waals surface area contributed by atoms with Crippen molar-refractivity contribution in [3.05, 3.63) is 54.1 Å². The third kappa shape index (κ3) is 11.7. The first-order chi connectivity index (χ1) is 19.5. The lowest BCUT2D eigenvalue weighted by Gasteiger charge is -2.27. The van der Waals surface area contributed by atoms with Gasteiger partial charge in [-0.15, -0.1) is 0 Å². The summed E-state index contributed by atoms with van der Waals surface area (Å²) in [6.07, 6.45) is 16.5. The molecule has 40 heavy (non-hydrogen) atoms. The SMILES string of the molecule is CCCCCCCCOc1ccc(-c2ccc(C3CCC(C(=O)OCCC(C)CCCC(C)C)CC3)cc2)cc1. The Labute approximate surface area is 245 Å². The molecule has 0 N–H and O–H groups in total. The van der Waals surface area contributed by atoms with Gasteiger partial charge in [0.1, 0.15) is 5.75 Å². The quantitative estimate of drug-likeness (QED) is 0.137. The van der Waals surface area contributed by atoms with Gasteiger partial charge in [-0.3, -0.25) is 4.79 Å². The molecule has 1 unspecified atom stereocenters. The highest BCUT2D eigenvalue weighted by Crippen LogP contribution is 2.37. The van der Waals surface area contributed by atoms with Gasteiger partial charge in [0.15, 0.2) is 0 Å². The first kappa shape index (κ1) is 32.2. The molecule has 3 heteroatoms. The molecule has 222 valence electrons. The second-order valence-electron chi connectivity index (χ2n) is 12.7. The summed E-state index contributed by atoms with van der Waals surface area (Å²) in [6.45, 7) is 10.5. The van der Waals surface area contributed by atoms with Crippen molar-refractivity contribution in [2.75, 3.05) is 13.2 Å². The molecule has 0 heterocycles. The van der Waals surface area contributed by atoms with Crippen LogP contribution in [0.25, 0.3) is 11.1 Å². The van der Waals surface area contributed by atoms with Crippen molar-refractivity contribution in [1.29, 1.82) is 0 Å². The van der Waals surface area contributed by atoms with Crippen molar-refractivity contribution in [3.63, 3.8) is 0 Å². The van der Waals surface area contributed by atoms with Crippen LogP contribution in [0, 0.1) is 17.8 Å². The molecule has 0 amide bonds. The summed E-state index contributed by atoms with van der Waals surface area (Å²) >= 11 is 0. The number of carbonyl (C=O) groups excluding carboxylic acids is 1. The molecule has 2 aromatic carbocycles. The molecule has 1 aliphatic carbocycles. The molecule has 0 saturated heterocycles. The first-order valence-corrected chi connectivity index (χ1v) is 16.5. The molecule has 2 aromatic rings. The normalized spacial score (nSPS) is 18.0. The van der Waals surface area contributed by atoms with Crippen LogP contribution in [0.3, 0.4) is 0 Å². The lowest BCUT2D eigenvalue weighted by Crippen LogP contribution is -2.23. The summed E-state index contributed by atoms with van der Waals surface area (Å²) in [5.41, 5.74) is 3.85. The summed E-state index contributed by atoms with van der Waals surface area (Å²) in [5, 5.41) is 0. The molecule has 3 rings (SSSR count). The Balaban J connectivity index is 1.35. The predicted molar refractivity (Wildman–Crippen MR) is 169 cm³/mol. The Hall–Kier alpha value is -2.29. The Bertz CT molecular complexity index is 938. The van der Waals surface area contributed by atoms with E-state index in [4.69, 9.17) is 9.47 Å². The van der Waals surface area contributed by atoms with Gasteiger partial charge in [-0.25, -0.2) is 0 Å². The number of rotatable bonds is 18. The van der Waals surface area contributed by atoms with Crippen LogP contribution in [0.1, 0.15) is 129 Å². The Kier molecular flexibility index (Phi) is 14.7. The minimum Gasteiger partial charge on any atom is -0.494 e. The average molecular weight is 549 g/mol. The van der Waals surface area contributed by atoms with Gasteiger partial charge in [0.05, 0.1) is 19.1 Å². The summed E-state index contributed by atoms with van der Waals surface area (Å²) in [5.74, 6) is 3.01. The van der Waals surface area contributed by atoms with E-state index in [2.05, 4.69) is 76.2 Å². The number of hydrogen-bond acceptors (Lipinski definition) is 3. The number of benzene rings is 2. The molecule has 0 bridgehead atoms. The van der Waals surface area contributed by atoms with E-state index in [0.29, 0.717) is 18.4 Å². The van der Waals surface area contributed by atoms with Gasteiger partial charge in [-0.1, -0.05) is 115 Å². The molecular weight excluding hydrogens is 492 g/mol. The van der Waals surface area contributed by atoms with E-state index in [-0.39, 0.29) is 11.9 Å². The molecular formula is C37H56O3. The van der Waals surface area contributed by atoms with Gasteiger partial charge in [-0.2, -0.15) is 0 Å². The fraction of sp³-hybridized carbons (Fsp3) is 0.649. The van der Waals surface area contributed by atoms with Crippen molar-refractivity contribution in [2.24, 2.45) is 17.8 Å². The molecule has 0 aliphatic heterocycles. The summed E-state index contributed by atoms with van der Waals surface area (Å²) in [7, 11) is 0. The highest BCUT2D eigenvalue weighted by atomic mass is 16.5. The third-order valence-corrected chi connectivity index (χ3v) is 8.73. The molecule has 1 atom stereocenters. The van der Waals surface area contributed by atoms with Crippen LogP contribution in [-0.2, 0) is 9.53 Å². The number of hydrogen-bond donors (Lipinski definition) is 0. The van der Waals surface area contributed by atoms with Crippen LogP contribution >= 0.6 is 0 Å². The molecule has 1 saturated carbocycles. The van der Waals surface area contributed by atoms with Crippen LogP contribution in [-0.4, -0.2) is 19.2 Å². The molecule has 0 spiro atoms. The second kappa shape index (κ2) is 18.2. The molecule has 1 fully saturated rings. The fourth-order valence-electron chi connectivity index (χ4n) is 5.92. The van der Waals surface area contributed by atoms with Crippen molar-refractivity contribution in [1.82, 2.24) is 0 Å². The number of ether oxygens (including phenoxy) is 2. The zero-order valence-corrected chi connectivity index (χ0v) is 26.0. The van der Waals surface area contributed by atoms with E-state index in [1.807, 2.05) is 0 Å². The summed E-state index contributed by atoms with van der Waals surface area (Å²) in [4.78, 5) is 12.6. The van der Waals surface area contributed by atoms with Crippen molar-refractivity contribution in [3.8, 4) is 16.9 Å². The summed E-state index contributed by atoms with van der Waals surface area (Å²) < 4.78 is 11.6. The van der Waals surface area contributed by atoms with Gasteiger partial charge >= 0.3 is 5.97 Å². The standard InChI is InChI=1S/C37H56O3/c1-5-6-7-8-9-10-27-39-36-24-22-34(23-25-36)32-16-14-31(15-17-32)33-18-20-35(21-19-33)37(38)40-28-26-30(4)13-11-12-29(2)3/h14-17,22-25,29-30,33,35H,5-13,18-21,26-28H2,1-4H3. The fourth-order valence-corrected chi connectivity index (χ4v) is 5.92. The predicted octanol–water partition coefficient (Wildman–Crippen LogP) is 10.8. The topological polar surface area (TPSA) is 35.5 Å². The lowest BCUT2D eigenvalue weighted by atomic mass is 9.78. The van der Waals surface area contributed by atoms with Crippen molar-refractivity contribution in [2.45, 2.75) is 124 Å². The minimum atomic E-state index is 0.0302. The van der Waals surface area contributed by atoms with Crippen LogP contribution in [0.5, 0.6) is 5.75 Å². The number of carbonyl (C=O) groups is 1. The Morgan fingerprint density at radius 1 is 0.725 bits per heavy atom. The average Bonchev–Trinajstić information content (AvgIpc) is 2.97. The molecule has 1 aliphatic rings. The first-order valence-electron chi connectivity index (χ1n) is 16.5. The Morgan fingerprint density at radius 3 is 2.00 bits per heavy atom. The van der Waals surface area contributed by atoms with Crippen molar-refractivity contribution < 1.29 is 14.3 Å². The molecule has 3 nitrogen and oxygen atoms in total. The van der Waals surface area contributed by atoms with Crippen LogP contribution in [0.4, 0.5) is 0 Å². The second-order valence-corrected chi connectivity index (χ2v) is 12.7. The van der Waals surface area contributed by atoms with Crippen LogP contribution in [0.2, 0.25) is 0 Å². The minimum absolute atomic E-state index is 0.0302. The van der Waals surface area contributed by atoms with E-state index >= 15 is 0 Å². The maximum atomic E-state index is 12.6. The van der Waals surface area contributed by atoms with Gasteiger partial charge in [0.25, 0.3) is 0 Å². The van der Waals surface area contributed by atoms with E-state index < -0.39 is 0 Å². The van der Waals surface area contributed by atoms with Crippen molar-refractivity contribution >= 4 is 5.97 Å². The van der Waals surface area contributed by atoms with E-state index in [0.717, 1.165) is 56.8 Å². The number of esters is 1. The zero-order valence-electron chi connectivity index (χ0n) is 26.0. The maximum absolute atomic E-state index is 12.6. The molecule has 0 aromatic heterocycles. The van der Waals surface area contributed by atoms with Gasteiger partial charge < -0.3 is 9.47 Å². The third-order valence-electron chi connectivity index (χ3n) is 8.73. The largest absolute Gasteiger partial charge is 0.494 e. The monoisotopic (exact) mass is 548 g/mol. The Morgan fingerprint density at radius 2 is 1.35 bits per heavy atom.